The Bertz CT molecular complexity index is 333. The van der Waals surface area contributed by atoms with Gasteiger partial charge in [0.05, 0.1) is 6.54 Å². The highest BCUT2D eigenvalue weighted by Crippen LogP contribution is 2.08. The lowest BCUT2D eigenvalue weighted by Gasteiger charge is -2.04. The maximum Gasteiger partial charge on any atom is 0.164 e. The van der Waals surface area contributed by atoms with Gasteiger partial charge in [-0.1, -0.05) is 65.7 Å². The third kappa shape index (κ3) is 8.31. The molecule has 0 aliphatic rings. The smallest absolute Gasteiger partial charge is 0.164 e. The van der Waals surface area contributed by atoms with Crippen LogP contribution in [-0.2, 0) is 13.1 Å². The van der Waals surface area contributed by atoms with Gasteiger partial charge in [-0.25, -0.2) is 4.98 Å². The van der Waals surface area contributed by atoms with Crippen LogP contribution < -0.4 is 5.32 Å². The summed E-state index contributed by atoms with van der Waals surface area (Å²) >= 11 is 0. The van der Waals surface area contributed by atoms with Crippen LogP contribution in [0.2, 0.25) is 0 Å². The molecular formula is C16H32N4. The number of aromatic nitrogens is 3. The average Bonchev–Trinajstić information content (AvgIpc) is 2.87. The number of nitrogens with one attached hydrogen (secondary N) is 1. The molecule has 0 amide bonds. The molecule has 0 radical (unpaired) electrons. The Morgan fingerprint density at radius 2 is 1.70 bits per heavy atom. The number of hydrogen-bond donors (Lipinski definition) is 1. The Hall–Kier alpha value is -0.900. The largest absolute Gasteiger partial charge is 0.308 e. The molecule has 0 saturated carbocycles. The molecule has 0 fully saturated rings. The molecule has 0 bridgehead atoms. The van der Waals surface area contributed by atoms with Crippen molar-refractivity contribution >= 4 is 0 Å². The highest BCUT2D eigenvalue weighted by Gasteiger charge is 2.01. The lowest BCUT2D eigenvalue weighted by Crippen LogP contribution is -2.22. The molecule has 0 unspecified atom stereocenters. The van der Waals surface area contributed by atoms with Crippen molar-refractivity contribution in [2.45, 2.75) is 91.3 Å². The summed E-state index contributed by atoms with van der Waals surface area (Å²) in [6.07, 6.45) is 12.7. The topological polar surface area (TPSA) is 42.7 Å². The van der Waals surface area contributed by atoms with Crippen LogP contribution in [0.5, 0.6) is 0 Å². The van der Waals surface area contributed by atoms with Crippen molar-refractivity contribution in [2.24, 2.45) is 0 Å². The number of hydrogen-bond acceptors (Lipinski definition) is 3. The van der Waals surface area contributed by atoms with Gasteiger partial charge in [-0.15, -0.1) is 0 Å². The molecule has 1 rings (SSSR count). The standard InChI is InChI=1S/C16H32N4/c1-4-5-6-7-8-9-10-11-12-20-14-18-16(19-20)13-17-15(2)3/h14-15,17H,4-13H2,1-3H3. The van der Waals surface area contributed by atoms with Crippen LogP contribution in [0.4, 0.5) is 0 Å². The van der Waals surface area contributed by atoms with Crippen molar-refractivity contribution in [3.63, 3.8) is 0 Å². The average molecular weight is 280 g/mol. The van der Waals surface area contributed by atoms with Gasteiger partial charge in [0.25, 0.3) is 0 Å². The summed E-state index contributed by atoms with van der Waals surface area (Å²) in [4.78, 5) is 4.33. The van der Waals surface area contributed by atoms with Crippen LogP contribution in [0.3, 0.4) is 0 Å². The van der Waals surface area contributed by atoms with E-state index in [0.29, 0.717) is 6.04 Å². The number of aryl methyl sites for hydroxylation is 1. The first-order chi connectivity index (χ1) is 9.72. The number of rotatable bonds is 12. The lowest BCUT2D eigenvalue weighted by molar-refractivity contribution is 0.511. The molecule has 0 spiro atoms. The van der Waals surface area contributed by atoms with E-state index < -0.39 is 0 Å². The molecular weight excluding hydrogens is 248 g/mol. The van der Waals surface area contributed by atoms with E-state index in [1.807, 2.05) is 11.0 Å². The van der Waals surface area contributed by atoms with Gasteiger partial charge in [0.15, 0.2) is 5.82 Å². The quantitative estimate of drug-likeness (QED) is 0.590. The zero-order valence-corrected chi connectivity index (χ0v) is 13.6. The Labute approximate surface area is 124 Å². The monoisotopic (exact) mass is 280 g/mol. The summed E-state index contributed by atoms with van der Waals surface area (Å²) in [6.45, 7) is 8.31. The molecule has 1 N–H and O–H groups in total. The van der Waals surface area contributed by atoms with Crippen molar-refractivity contribution in [3.05, 3.63) is 12.2 Å². The first-order valence-corrected chi connectivity index (χ1v) is 8.34. The maximum absolute atomic E-state index is 4.48. The summed E-state index contributed by atoms with van der Waals surface area (Å²) in [5, 5.41) is 7.82. The van der Waals surface area contributed by atoms with E-state index in [0.717, 1.165) is 18.9 Å². The third-order valence-electron chi connectivity index (χ3n) is 3.49. The first kappa shape index (κ1) is 17.2. The van der Waals surface area contributed by atoms with Crippen molar-refractivity contribution in [2.75, 3.05) is 0 Å². The van der Waals surface area contributed by atoms with Gasteiger partial charge >= 0.3 is 0 Å². The maximum atomic E-state index is 4.48. The minimum Gasteiger partial charge on any atom is -0.308 e. The van der Waals surface area contributed by atoms with E-state index in [1.165, 1.54) is 51.4 Å². The highest BCUT2D eigenvalue weighted by atomic mass is 15.3. The van der Waals surface area contributed by atoms with Gasteiger partial charge in [0, 0.05) is 12.6 Å². The van der Waals surface area contributed by atoms with Gasteiger partial charge < -0.3 is 5.32 Å². The molecule has 1 aromatic rings. The van der Waals surface area contributed by atoms with Crippen molar-refractivity contribution < 1.29 is 0 Å². The predicted molar refractivity (Wildman–Crippen MR) is 84.6 cm³/mol. The zero-order valence-electron chi connectivity index (χ0n) is 13.6. The second-order valence-electron chi connectivity index (χ2n) is 5.93. The predicted octanol–water partition coefficient (Wildman–Crippen LogP) is 3.92. The molecule has 0 aromatic carbocycles. The molecule has 0 aliphatic heterocycles. The van der Waals surface area contributed by atoms with E-state index in [9.17, 15) is 0 Å². The second kappa shape index (κ2) is 10.8. The summed E-state index contributed by atoms with van der Waals surface area (Å²) < 4.78 is 1.98. The van der Waals surface area contributed by atoms with E-state index in [1.54, 1.807) is 0 Å². The zero-order chi connectivity index (χ0) is 14.6. The first-order valence-electron chi connectivity index (χ1n) is 8.34. The van der Waals surface area contributed by atoms with E-state index in [2.05, 4.69) is 36.2 Å². The Kier molecular flexibility index (Phi) is 9.29. The van der Waals surface area contributed by atoms with Gasteiger partial charge in [-0.3, -0.25) is 4.68 Å². The van der Waals surface area contributed by atoms with Crippen LogP contribution in [0.15, 0.2) is 6.33 Å². The van der Waals surface area contributed by atoms with E-state index in [4.69, 9.17) is 0 Å². The van der Waals surface area contributed by atoms with Crippen LogP contribution >= 0.6 is 0 Å². The third-order valence-corrected chi connectivity index (χ3v) is 3.49. The van der Waals surface area contributed by atoms with Crippen LogP contribution in [0, 0.1) is 0 Å². The number of unbranched alkanes of at least 4 members (excludes halogenated alkanes) is 7. The summed E-state index contributed by atoms with van der Waals surface area (Å²) in [5.41, 5.74) is 0. The molecule has 4 heteroatoms. The fourth-order valence-corrected chi connectivity index (χ4v) is 2.23. The van der Waals surface area contributed by atoms with Crippen LogP contribution in [-0.4, -0.2) is 20.8 Å². The summed E-state index contributed by atoms with van der Waals surface area (Å²) in [5.74, 6) is 0.901. The summed E-state index contributed by atoms with van der Waals surface area (Å²) in [7, 11) is 0. The Morgan fingerprint density at radius 1 is 1.05 bits per heavy atom. The van der Waals surface area contributed by atoms with Gasteiger partial charge in [-0.2, -0.15) is 5.10 Å². The fraction of sp³-hybridized carbons (Fsp3) is 0.875. The minimum absolute atomic E-state index is 0.481. The van der Waals surface area contributed by atoms with Gasteiger partial charge in [0.1, 0.15) is 6.33 Å². The molecule has 116 valence electrons. The van der Waals surface area contributed by atoms with Crippen molar-refractivity contribution in [1.82, 2.24) is 20.1 Å². The second-order valence-corrected chi connectivity index (χ2v) is 5.93. The van der Waals surface area contributed by atoms with E-state index in [-0.39, 0.29) is 0 Å². The van der Waals surface area contributed by atoms with Crippen LogP contribution in [0.1, 0.15) is 78.0 Å². The fourth-order valence-electron chi connectivity index (χ4n) is 2.23. The molecule has 20 heavy (non-hydrogen) atoms. The molecule has 0 saturated heterocycles. The van der Waals surface area contributed by atoms with E-state index >= 15 is 0 Å². The highest BCUT2D eigenvalue weighted by molar-refractivity contribution is 4.81. The van der Waals surface area contributed by atoms with Crippen molar-refractivity contribution in [3.8, 4) is 0 Å². The molecule has 1 heterocycles. The SMILES string of the molecule is CCCCCCCCCCn1cnc(CNC(C)C)n1. The Morgan fingerprint density at radius 3 is 2.35 bits per heavy atom. The number of nitrogens with zero attached hydrogens (tertiary/aromatic N) is 3. The Balaban J connectivity index is 2.01. The minimum atomic E-state index is 0.481. The molecule has 4 nitrogen and oxygen atoms in total. The molecule has 1 aromatic heterocycles. The summed E-state index contributed by atoms with van der Waals surface area (Å²) in [6, 6.07) is 0.481. The van der Waals surface area contributed by atoms with Crippen LogP contribution in [0.25, 0.3) is 0 Å². The lowest BCUT2D eigenvalue weighted by atomic mass is 10.1. The molecule has 0 aliphatic carbocycles. The van der Waals surface area contributed by atoms with Gasteiger partial charge in [0.2, 0.25) is 0 Å². The van der Waals surface area contributed by atoms with Gasteiger partial charge in [-0.05, 0) is 6.42 Å². The molecule has 0 atom stereocenters. The normalized spacial score (nSPS) is 11.4. The van der Waals surface area contributed by atoms with Crippen molar-refractivity contribution in [1.29, 1.82) is 0 Å².